The van der Waals surface area contributed by atoms with Crippen LogP contribution in [-0.2, 0) is 11.3 Å². The summed E-state index contributed by atoms with van der Waals surface area (Å²) in [6.45, 7) is 5.39. The molecular formula is C24H32N4O. The van der Waals surface area contributed by atoms with E-state index in [-0.39, 0.29) is 5.92 Å². The third-order valence-corrected chi connectivity index (χ3v) is 6.95. The van der Waals surface area contributed by atoms with Crippen molar-refractivity contribution in [2.75, 3.05) is 26.2 Å². The molecule has 3 aliphatic rings. The lowest BCUT2D eigenvalue weighted by molar-refractivity contribution is -0.127. The number of amides is 1. The Kier molecular flexibility index (Phi) is 5.51. The Bertz CT molecular complexity index is 852. The summed E-state index contributed by atoms with van der Waals surface area (Å²) in [5.74, 6) is 0.504. The molecule has 5 heteroatoms. The summed E-state index contributed by atoms with van der Waals surface area (Å²) in [5, 5.41) is 4.49. The minimum Gasteiger partial charge on any atom is -0.353 e. The van der Waals surface area contributed by atoms with Gasteiger partial charge < -0.3 is 5.32 Å². The molecule has 3 fully saturated rings. The molecule has 154 valence electrons. The zero-order valence-electron chi connectivity index (χ0n) is 17.2. The van der Waals surface area contributed by atoms with Crippen LogP contribution in [0.15, 0.2) is 36.5 Å². The van der Waals surface area contributed by atoms with Crippen molar-refractivity contribution in [2.24, 2.45) is 5.92 Å². The fourth-order valence-electron chi connectivity index (χ4n) is 5.08. The summed E-state index contributed by atoms with van der Waals surface area (Å²) in [6.07, 6.45) is 8.92. The van der Waals surface area contributed by atoms with Crippen LogP contribution in [0.4, 0.5) is 0 Å². The average molecular weight is 393 g/mol. The number of piperidine rings is 2. The van der Waals surface area contributed by atoms with E-state index in [4.69, 9.17) is 0 Å². The molecule has 1 saturated carbocycles. The largest absolute Gasteiger partial charge is 0.353 e. The van der Waals surface area contributed by atoms with Gasteiger partial charge in [0.15, 0.2) is 0 Å². The molecule has 0 unspecified atom stereocenters. The molecule has 1 aromatic carbocycles. The predicted molar refractivity (Wildman–Crippen MR) is 116 cm³/mol. The monoisotopic (exact) mass is 392 g/mol. The second-order valence-corrected chi connectivity index (χ2v) is 9.11. The summed E-state index contributed by atoms with van der Waals surface area (Å²) in [7, 11) is 0. The number of aromatic nitrogens is 1. The van der Waals surface area contributed by atoms with Crippen molar-refractivity contribution in [3.63, 3.8) is 0 Å². The third-order valence-electron chi connectivity index (χ3n) is 6.95. The summed E-state index contributed by atoms with van der Waals surface area (Å²) in [5.41, 5.74) is 2.47. The van der Waals surface area contributed by atoms with Crippen molar-refractivity contribution < 1.29 is 4.79 Å². The second kappa shape index (κ2) is 8.41. The van der Waals surface area contributed by atoms with E-state index >= 15 is 0 Å². The van der Waals surface area contributed by atoms with Crippen LogP contribution in [0, 0.1) is 5.92 Å². The minimum absolute atomic E-state index is 0.200. The van der Waals surface area contributed by atoms with E-state index in [0.717, 1.165) is 51.1 Å². The number of carbonyl (C=O) groups excluding carboxylic acids is 1. The number of nitrogens with zero attached hydrogens (tertiary/aromatic N) is 3. The fourth-order valence-corrected chi connectivity index (χ4v) is 5.08. The van der Waals surface area contributed by atoms with Gasteiger partial charge in [0.1, 0.15) is 0 Å². The predicted octanol–water partition coefficient (Wildman–Crippen LogP) is 3.19. The Balaban J connectivity index is 1.15. The Hall–Kier alpha value is -1.98. The topological polar surface area (TPSA) is 48.5 Å². The first kappa shape index (κ1) is 19.0. The van der Waals surface area contributed by atoms with E-state index in [1.165, 1.54) is 36.6 Å². The van der Waals surface area contributed by atoms with Crippen molar-refractivity contribution in [1.29, 1.82) is 0 Å². The first-order valence-corrected chi connectivity index (χ1v) is 11.4. The highest BCUT2D eigenvalue weighted by Crippen LogP contribution is 2.27. The van der Waals surface area contributed by atoms with E-state index in [1.54, 1.807) is 0 Å². The number of likely N-dealkylation sites (tertiary alicyclic amines) is 2. The van der Waals surface area contributed by atoms with E-state index in [9.17, 15) is 4.79 Å². The Morgan fingerprint density at radius 3 is 2.69 bits per heavy atom. The molecule has 0 spiro atoms. The Labute approximate surface area is 173 Å². The molecule has 1 amide bonds. The SMILES string of the molecule is O=C(NC1CC1)[C@H]1CCCN(C2CCN(Cc3ccnc4ccccc34)CC2)C1. The second-order valence-electron chi connectivity index (χ2n) is 9.11. The summed E-state index contributed by atoms with van der Waals surface area (Å²) >= 11 is 0. The third kappa shape index (κ3) is 4.46. The van der Waals surface area contributed by atoms with Crippen molar-refractivity contribution in [3.05, 3.63) is 42.1 Å². The standard InChI is InChI=1S/C24H32N4O/c29-24(26-20-7-8-20)19-4-3-13-28(17-19)21-10-14-27(15-11-21)16-18-9-12-25-23-6-2-1-5-22(18)23/h1-2,5-6,9,12,19-21H,3-4,7-8,10-11,13-17H2,(H,26,29)/t19-/m0/s1. The molecule has 1 atom stereocenters. The number of nitrogens with one attached hydrogen (secondary N) is 1. The number of para-hydroxylation sites is 1. The smallest absolute Gasteiger partial charge is 0.224 e. The van der Waals surface area contributed by atoms with Gasteiger partial charge in [-0.2, -0.15) is 0 Å². The van der Waals surface area contributed by atoms with Gasteiger partial charge in [0.2, 0.25) is 5.91 Å². The molecule has 29 heavy (non-hydrogen) atoms. The quantitative estimate of drug-likeness (QED) is 0.849. The molecule has 0 radical (unpaired) electrons. The molecule has 5 nitrogen and oxygen atoms in total. The van der Waals surface area contributed by atoms with Gasteiger partial charge in [-0.15, -0.1) is 0 Å². The first-order valence-electron chi connectivity index (χ1n) is 11.4. The zero-order valence-corrected chi connectivity index (χ0v) is 17.2. The van der Waals surface area contributed by atoms with Crippen LogP contribution < -0.4 is 5.32 Å². The van der Waals surface area contributed by atoms with Gasteiger partial charge in [0.25, 0.3) is 0 Å². The average Bonchev–Trinajstić information content (AvgIpc) is 3.59. The molecular weight excluding hydrogens is 360 g/mol. The maximum Gasteiger partial charge on any atom is 0.224 e. The molecule has 1 N–H and O–H groups in total. The number of carbonyl (C=O) groups is 1. The lowest BCUT2D eigenvalue weighted by Crippen LogP contribution is -2.50. The van der Waals surface area contributed by atoms with Gasteiger partial charge in [-0.25, -0.2) is 0 Å². The first-order chi connectivity index (χ1) is 14.3. The van der Waals surface area contributed by atoms with E-state index in [2.05, 4.69) is 50.4 Å². The van der Waals surface area contributed by atoms with Crippen molar-refractivity contribution in [3.8, 4) is 0 Å². The van der Waals surface area contributed by atoms with Gasteiger partial charge in [0, 0.05) is 36.8 Å². The molecule has 1 aromatic heterocycles. The number of fused-ring (bicyclic) bond motifs is 1. The van der Waals surface area contributed by atoms with E-state index in [1.807, 2.05) is 6.20 Å². The van der Waals surface area contributed by atoms with Gasteiger partial charge in [-0.05, 0) is 75.9 Å². The molecule has 0 bridgehead atoms. The summed E-state index contributed by atoms with van der Waals surface area (Å²) in [4.78, 5) is 22.2. The molecule has 2 saturated heterocycles. The van der Waals surface area contributed by atoms with Gasteiger partial charge in [-0.3, -0.25) is 19.6 Å². The molecule has 2 aliphatic heterocycles. The van der Waals surface area contributed by atoms with E-state index in [0.29, 0.717) is 18.0 Å². The van der Waals surface area contributed by atoms with Crippen LogP contribution in [-0.4, -0.2) is 59.0 Å². The van der Waals surface area contributed by atoms with Crippen LogP contribution in [0.1, 0.15) is 44.1 Å². The van der Waals surface area contributed by atoms with Crippen molar-refractivity contribution in [1.82, 2.24) is 20.1 Å². The Morgan fingerprint density at radius 1 is 1.03 bits per heavy atom. The maximum atomic E-state index is 12.5. The lowest BCUT2D eigenvalue weighted by Gasteiger charge is -2.42. The van der Waals surface area contributed by atoms with Crippen LogP contribution in [0.2, 0.25) is 0 Å². The number of benzene rings is 1. The van der Waals surface area contributed by atoms with E-state index < -0.39 is 0 Å². The van der Waals surface area contributed by atoms with Crippen molar-refractivity contribution >= 4 is 16.8 Å². The molecule has 5 rings (SSSR count). The normalized spacial score (nSPS) is 24.6. The molecule has 1 aliphatic carbocycles. The highest BCUT2D eigenvalue weighted by Gasteiger charge is 2.33. The molecule has 2 aromatic rings. The maximum absolute atomic E-state index is 12.5. The minimum atomic E-state index is 0.200. The highest BCUT2D eigenvalue weighted by molar-refractivity contribution is 5.81. The number of rotatable bonds is 5. The van der Waals surface area contributed by atoms with Crippen molar-refractivity contribution in [2.45, 2.75) is 57.2 Å². The molecule has 3 heterocycles. The van der Waals surface area contributed by atoms with Gasteiger partial charge in [-0.1, -0.05) is 18.2 Å². The fraction of sp³-hybridized carbons (Fsp3) is 0.583. The zero-order chi connectivity index (χ0) is 19.6. The summed E-state index contributed by atoms with van der Waals surface area (Å²) in [6, 6.07) is 11.7. The number of pyridine rings is 1. The van der Waals surface area contributed by atoms with Gasteiger partial charge in [0.05, 0.1) is 11.4 Å². The summed E-state index contributed by atoms with van der Waals surface area (Å²) < 4.78 is 0. The number of hydrogen-bond acceptors (Lipinski definition) is 4. The van der Waals surface area contributed by atoms with Crippen LogP contribution in [0.25, 0.3) is 10.9 Å². The van der Waals surface area contributed by atoms with Crippen LogP contribution >= 0.6 is 0 Å². The highest BCUT2D eigenvalue weighted by atomic mass is 16.2. The lowest BCUT2D eigenvalue weighted by atomic mass is 9.93. The Morgan fingerprint density at radius 2 is 1.86 bits per heavy atom. The van der Waals surface area contributed by atoms with Crippen LogP contribution in [0.5, 0.6) is 0 Å². The van der Waals surface area contributed by atoms with Gasteiger partial charge >= 0.3 is 0 Å². The van der Waals surface area contributed by atoms with Crippen LogP contribution in [0.3, 0.4) is 0 Å². The number of hydrogen-bond donors (Lipinski definition) is 1.